The molecule has 1 aliphatic heterocycles. The van der Waals surface area contributed by atoms with Gasteiger partial charge in [-0.05, 0) is 58.6 Å². The molecule has 2 rings (SSSR count). The summed E-state index contributed by atoms with van der Waals surface area (Å²) in [5.74, 6) is 0.0298. The monoisotopic (exact) mass is 331 g/mol. The molecule has 1 saturated heterocycles. The van der Waals surface area contributed by atoms with Crippen molar-refractivity contribution in [3.05, 3.63) is 28.8 Å². The number of urea groups is 1. The molecule has 3 amide bonds. The zero-order chi connectivity index (χ0) is 17.9. The van der Waals surface area contributed by atoms with Gasteiger partial charge in [-0.1, -0.05) is 17.7 Å². The lowest BCUT2D eigenvalue weighted by atomic mass is 9.95. The van der Waals surface area contributed by atoms with Crippen molar-refractivity contribution in [1.82, 2.24) is 10.2 Å². The van der Waals surface area contributed by atoms with Crippen LogP contribution in [0.25, 0.3) is 0 Å². The number of nitrogens with one attached hydrogen (secondary N) is 2. The number of likely N-dealkylation sites (tertiary alicyclic amines) is 1. The predicted molar refractivity (Wildman–Crippen MR) is 97.2 cm³/mol. The highest BCUT2D eigenvalue weighted by Crippen LogP contribution is 2.25. The molecule has 5 nitrogen and oxygen atoms in total. The first kappa shape index (κ1) is 18.3. The first-order chi connectivity index (χ1) is 11.3. The summed E-state index contributed by atoms with van der Waals surface area (Å²) in [4.78, 5) is 26.4. The van der Waals surface area contributed by atoms with Gasteiger partial charge in [-0.25, -0.2) is 4.79 Å². The molecule has 0 bridgehead atoms. The van der Waals surface area contributed by atoms with Crippen molar-refractivity contribution < 1.29 is 9.59 Å². The molecule has 0 spiro atoms. The van der Waals surface area contributed by atoms with E-state index >= 15 is 0 Å². The molecule has 0 aliphatic carbocycles. The molecule has 5 heteroatoms. The largest absolute Gasteiger partial charge is 0.336 e. The molecule has 0 aromatic heterocycles. The number of rotatable bonds is 3. The third kappa shape index (κ3) is 4.49. The lowest BCUT2D eigenvalue weighted by Crippen LogP contribution is -2.47. The van der Waals surface area contributed by atoms with Crippen LogP contribution in [0.4, 0.5) is 10.5 Å². The lowest BCUT2D eigenvalue weighted by Gasteiger charge is -2.32. The number of anilines is 1. The Morgan fingerprint density at radius 3 is 2.12 bits per heavy atom. The molecule has 1 aromatic carbocycles. The number of benzene rings is 1. The van der Waals surface area contributed by atoms with E-state index < -0.39 is 0 Å². The number of hydrogen-bond donors (Lipinski definition) is 2. The minimum absolute atomic E-state index is 0.0333. The van der Waals surface area contributed by atoms with E-state index in [1.54, 1.807) is 4.90 Å². The second kappa shape index (κ2) is 7.69. The van der Waals surface area contributed by atoms with Crippen molar-refractivity contribution in [3.8, 4) is 0 Å². The molecular weight excluding hydrogens is 302 g/mol. The van der Waals surface area contributed by atoms with Crippen molar-refractivity contribution in [2.45, 2.75) is 53.5 Å². The highest BCUT2D eigenvalue weighted by Gasteiger charge is 2.28. The normalized spacial score (nSPS) is 15.5. The Kier molecular flexibility index (Phi) is 5.86. The third-order valence-corrected chi connectivity index (χ3v) is 4.49. The molecule has 2 N–H and O–H groups in total. The van der Waals surface area contributed by atoms with Gasteiger partial charge >= 0.3 is 6.03 Å². The summed E-state index contributed by atoms with van der Waals surface area (Å²) in [7, 11) is 0. The molecule has 1 heterocycles. The number of aryl methyl sites for hydroxylation is 3. The van der Waals surface area contributed by atoms with Crippen molar-refractivity contribution in [2.75, 3.05) is 18.4 Å². The zero-order valence-electron chi connectivity index (χ0n) is 15.4. The second-order valence-electron chi connectivity index (χ2n) is 7.13. The second-order valence-corrected chi connectivity index (χ2v) is 7.13. The fraction of sp³-hybridized carbons (Fsp3) is 0.579. The van der Waals surface area contributed by atoms with Gasteiger partial charge < -0.3 is 15.5 Å². The molecule has 132 valence electrons. The van der Waals surface area contributed by atoms with E-state index in [0.717, 1.165) is 16.8 Å². The van der Waals surface area contributed by atoms with Gasteiger partial charge in [0.05, 0.1) is 0 Å². The van der Waals surface area contributed by atoms with Crippen molar-refractivity contribution in [1.29, 1.82) is 0 Å². The predicted octanol–water partition coefficient (Wildman–Crippen LogP) is 3.38. The molecule has 1 aliphatic rings. The minimum Gasteiger partial charge on any atom is -0.336 e. The van der Waals surface area contributed by atoms with E-state index in [1.165, 1.54) is 5.56 Å². The number of nitrogens with zero attached hydrogens (tertiary/aromatic N) is 1. The summed E-state index contributed by atoms with van der Waals surface area (Å²) in [6, 6.07) is 4.27. The summed E-state index contributed by atoms with van der Waals surface area (Å²) < 4.78 is 0. The Hall–Kier alpha value is -2.04. The highest BCUT2D eigenvalue weighted by molar-refractivity contribution is 5.94. The number of piperidine rings is 1. The number of amides is 3. The maximum Gasteiger partial charge on any atom is 0.317 e. The van der Waals surface area contributed by atoms with Crippen LogP contribution < -0.4 is 10.6 Å². The summed E-state index contributed by atoms with van der Waals surface area (Å²) in [6.07, 6.45) is 1.42. The minimum atomic E-state index is -0.0341. The first-order valence-corrected chi connectivity index (χ1v) is 8.72. The van der Waals surface area contributed by atoms with Crippen LogP contribution in [0.15, 0.2) is 12.1 Å². The van der Waals surface area contributed by atoms with Gasteiger partial charge in [0.2, 0.25) is 5.91 Å². The summed E-state index contributed by atoms with van der Waals surface area (Å²) in [5, 5.41) is 6.00. The van der Waals surface area contributed by atoms with Crippen molar-refractivity contribution in [2.24, 2.45) is 5.92 Å². The van der Waals surface area contributed by atoms with Gasteiger partial charge in [-0.2, -0.15) is 0 Å². The fourth-order valence-corrected chi connectivity index (χ4v) is 3.29. The number of hydrogen-bond acceptors (Lipinski definition) is 2. The van der Waals surface area contributed by atoms with Crippen LogP contribution in [-0.2, 0) is 4.79 Å². The van der Waals surface area contributed by atoms with Gasteiger partial charge in [0, 0.05) is 30.7 Å². The molecular formula is C19H29N3O2. The van der Waals surface area contributed by atoms with E-state index in [9.17, 15) is 9.59 Å². The molecule has 0 radical (unpaired) electrons. The van der Waals surface area contributed by atoms with Gasteiger partial charge in [-0.3, -0.25) is 4.79 Å². The summed E-state index contributed by atoms with van der Waals surface area (Å²) in [5.41, 5.74) is 4.31. The van der Waals surface area contributed by atoms with Crippen molar-refractivity contribution in [3.63, 3.8) is 0 Å². The highest BCUT2D eigenvalue weighted by atomic mass is 16.2. The smallest absolute Gasteiger partial charge is 0.317 e. The Bertz CT molecular complexity index is 594. The van der Waals surface area contributed by atoms with Gasteiger partial charge in [0.15, 0.2) is 0 Å². The Balaban J connectivity index is 1.93. The molecule has 0 saturated carbocycles. The van der Waals surface area contributed by atoms with Crippen LogP contribution in [0.2, 0.25) is 0 Å². The Labute approximate surface area is 144 Å². The SMILES string of the molecule is Cc1cc(C)c(NC(=O)C2CCN(C(=O)NC(C)C)CC2)c(C)c1. The Morgan fingerprint density at radius 2 is 1.62 bits per heavy atom. The average molecular weight is 331 g/mol. The van der Waals surface area contributed by atoms with Crippen LogP contribution >= 0.6 is 0 Å². The first-order valence-electron chi connectivity index (χ1n) is 8.72. The molecule has 0 atom stereocenters. The van der Waals surface area contributed by atoms with Crippen LogP contribution in [0, 0.1) is 26.7 Å². The third-order valence-electron chi connectivity index (χ3n) is 4.49. The quantitative estimate of drug-likeness (QED) is 0.892. The molecule has 1 fully saturated rings. The van der Waals surface area contributed by atoms with E-state index in [4.69, 9.17) is 0 Å². The van der Waals surface area contributed by atoms with Gasteiger partial charge in [0.25, 0.3) is 0 Å². The van der Waals surface area contributed by atoms with Gasteiger partial charge in [0.1, 0.15) is 0 Å². The summed E-state index contributed by atoms with van der Waals surface area (Å²) in [6.45, 7) is 11.3. The van der Waals surface area contributed by atoms with E-state index in [-0.39, 0.29) is 23.9 Å². The maximum absolute atomic E-state index is 12.6. The fourth-order valence-electron chi connectivity index (χ4n) is 3.29. The van der Waals surface area contributed by atoms with Gasteiger partial charge in [-0.15, -0.1) is 0 Å². The topological polar surface area (TPSA) is 61.4 Å². The standard InChI is InChI=1S/C19H29N3O2/c1-12(2)20-19(24)22-8-6-16(7-9-22)18(23)21-17-14(4)10-13(3)11-15(17)5/h10-12,16H,6-9H2,1-5H3,(H,20,24)(H,21,23). The van der Waals surface area contributed by atoms with Crippen molar-refractivity contribution >= 4 is 17.6 Å². The lowest BCUT2D eigenvalue weighted by molar-refractivity contribution is -0.121. The Morgan fingerprint density at radius 1 is 1.08 bits per heavy atom. The van der Waals surface area contributed by atoms with E-state index in [1.807, 2.05) is 27.7 Å². The van der Waals surface area contributed by atoms with Crippen LogP contribution in [0.5, 0.6) is 0 Å². The number of carbonyl (C=O) groups excluding carboxylic acids is 2. The van der Waals surface area contributed by atoms with Crippen LogP contribution in [0.1, 0.15) is 43.4 Å². The number of carbonyl (C=O) groups is 2. The van der Waals surface area contributed by atoms with Crippen LogP contribution in [0.3, 0.4) is 0 Å². The van der Waals surface area contributed by atoms with E-state index in [2.05, 4.69) is 29.7 Å². The molecule has 1 aromatic rings. The maximum atomic E-state index is 12.6. The summed E-state index contributed by atoms with van der Waals surface area (Å²) >= 11 is 0. The molecule has 24 heavy (non-hydrogen) atoms. The molecule has 0 unspecified atom stereocenters. The van der Waals surface area contributed by atoms with E-state index in [0.29, 0.717) is 25.9 Å². The van der Waals surface area contributed by atoms with Crippen LogP contribution in [-0.4, -0.2) is 36.0 Å². The zero-order valence-corrected chi connectivity index (χ0v) is 15.4. The average Bonchev–Trinajstić information content (AvgIpc) is 2.50.